The van der Waals surface area contributed by atoms with E-state index in [1.165, 1.54) is 5.69 Å². The standard InChI is InChI=1S/C24H24N6O2/c1-17-20(7-14-32-17)23-21(22-16-25-8-9-26-22)15-27-24(28-23)30-12-10-29(11-13-30)18-3-5-19(31-2)6-4-18/h3-9,14-16H,10-13H2,1-2H3. The van der Waals surface area contributed by atoms with Gasteiger partial charge < -0.3 is 19.0 Å². The summed E-state index contributed by atoms with van der Waals surface area (Å²) < 4.78 is 10.8. The average molecular weight is 428 g/mol. The smallest absolute Gasteiger partial charge is 0.226 e. The molecular weight excluding hydrogens is 404 g/mol. The molecule has 0 aliphatic carbocycles. The number of hydrogen-bond acceptors (Lipinski definition) is 8. The molecule has 8 nitrogen and oxygen atoms in total. The monoisotopic (exact) mass is 428 g/mol. The number of furan rings is 1. The van der Waals surface area contributed by atoms with Gasteiger partial charge in [0.05, 0.1) is 31.0 Å². The van der Waals surface area contributed by atoms with Crippen LogP contribution in [0.4, 0.5) is 11.6 Å². The quantitative estimate of drug-likeness (QED) is 0.474. The molecule has 1 saturated heterocycles. The number of rotatable bonds is 5. The van der Waals surface area contributed by atoms with E-state index in [0.29, 0.717) is 5.95 Å². The fourth-order valence-electron chi connectivity index (χ4n) is 3.94. The minimum Gasteiger partial charge on any atom is -0.497 e. The highest BCUT2D eigenvalue weighted by molar-refractivity contribution is 5.79. The lowest BCUT2D eigenvalue weighted by atomic mass is 10.1. The Morgan fingerprint density at radius 2 is 1.66 bits per heavy atom. The van der Waals surface area contributed by atoms with Crippen molar-refractivity contribution in [3.63, 3.8) is 0 Å². The molecule has 4 heterocycles. The SMILES string of the molecule is COc1ccc(N2CCN(c3ncc(-c4cnccn4)c(-c4ccoc4C)n3)CC2)cc1. The molecule has 0 spiro atoms. The highest BCUT2D eigenvalue weighted by atomic mass is 16.5. The first-order valence-corrected chi connectivity index (χ1v) is 10.5. The Morgan fingerprint density at radius 1 is 0.875 bits per heavy atom. The Morgan fingerprint density at radius 3 is 2.31 bits per heavy atom. The van der Waals surface area contributed by atoms with Gasteiger partial charge in [-0.2, -0.15) is 0 Å². The highest BCUT2D eigenvalue weighted by Gasteiger charge is 2.22. The molecule has 4 aromatic rings. The van der Waals surface area contributed by atoms with Crippen molar-refractivity contribution in [2.24, 2.45) is 0 Å². The lowest BCUT2D eigenvalue weighted by molar-refractivity contribution is 0.415. The van der Waals surface area contributed by atoms with Crippen LogP contribution in [0.25, 0.3) is 22.5 Å². The summed E-state index contributed by atoms with van der Waals surface area (Å²) in [4.78, 5) is 22.9. The van der Waals surface area contributed by atoms with E-state index in [1.54, 1.807) is 32.0 Å². The van der Waals surface area contributed by atoms with Crippen LogP contribution in [0.5, 0.6) is 5.75 Å². The second kappa shape index (κ2) is 8.66. The largest absolute Gasteiger partial charge is 0.497 e. The molecule has 32 heavy (non-hydrogen) atoms. The average Bonchev–Trinajstić information content (AvgIpc) is 3.30. The van der Waals surface area contributed by atoms with Crippen molar-refractivity contribution in [1.29, 1.82) is 0 Å². The molecule has 0 radical (unpaired) electrons. The maximum atomic E-state index is 5.55. The number of nitrogens with zero attached hydrogens (tertiary/aromatic N) is 6. The van der Waals surface area contributed by atoms with Crippen LogP contribution in [0.2, 0.25) is 0 Å². The summed E-state index contributed by atoms with van der Waals surface area (Å²) in [5, 5.41) is 0. The second-order valence-corrected chi connectivity index (χ2v) is 7.59. The molecule has 1 aromatic carbocycles. The van der Waals surface area contributed by atoms with Gasteiger partial charge in [-0.3, -0.25) is 9.97 Å². The molecule has 3 aromatic heterocycles. The van der Waals surface area contributed by atoms with Crippen molar-refractivity contribution >= 4 is 11.6 Å². The van der Waals surface area contributed by atoms with Crippen LogP contribution in [0.1, 0.15) is 5.76 Å². The molecular formula is C24H24N6O2. The van der Waals surface area contributed by atoms with E-state index in [0.717, 1.165) is 60.2 Å². The number of anilines is 2. The molecule has 8 heteroatoms. The van der Waals surface area contributed by atoms with Gasteiger partial charge in [0, 0.05) is 61.6 Å². The lowest BCUT2D eigenvalue weighted by Gasteiger charge is -2.36. The van der Waals surface area contributed by atoms with E-state index in [2.05, 4.69) is 36.9 Å². The number of hydrogen-bond donors (Lipinski definition) is 0. The zero-order valence-electron chi connectivity index (χ0n) is 18.1. The summed E-state index contributed by atoms with van der Waals surface area (Å²) >= 11 is 0. The van der Waals surface area contributed by atoms with E-state index in [4.69, 9.17) is 14.1 Å². The summed E-state index contributed by atoms with van der Waals surface area (Å²) in [5.74, 6) is 2.39. The predicted octanol–water partition coefficient (Wildman–Crippen LogP) is 3.84. The number of aryl methyl sites for hydroxylation is 1. The molecule has 1 aliphatic rings. The van der Waals surface area contributed by atoms with Gasteiger partial charge >= 0.3 is 0 Å². The van der Waals surface area contributed by atoms with Gasteiger partial charge in [-0.25, -0.2) is 9.97 Å². The van der Waals surface area contributed by atoms with Crippen molar-refractivity contribution in [2.45, 2.75) is 6.92 Å². The Balaban J connectivity index is 1.40. The predicted molar refractivity (Wildman–Crippen MR) is 123 cm³/mol. The molecule has 5 rings (SSSR count). The summed E-state index contributed by atoms with van der Waals surface area (Å²) in [6.45, 7) is 5.38. The van der Waals surface area contributed by atoms with Gasteiger partial charge in [-0.1, -0.05) is 0 Å². The zero-order valence-corrected chi connectivity index (χ0v) is 18.1. The molecule has 1 fully saturated rings. The lowest BCUT2D eigenvalue weighted by Crippen LogP contribution is -2.47. The Kier molecular flexibility index (Phi) is 5.41. The van der Waals surface area contributed by atoms with Crippen LogP contribution in [0.15, 0.2) is 65.8 Å². The van der Waals surface area contributed by atoms with E-state index < -0.39 is 0 Å². The van der Waals surface area contributed by atoms with E-state index in [-0.39, 0.29) is 0 Å². The van der Waals surface area contributed by atoms with Crippen LogP contribution in [-0.4, -0.2) is 53.2 Å². The fourth-order valence-corrected chi connectivity index (χ4v) is 3.94. The minimum atomic E-state index is 0.711. The molecule has 0 N–H and O–H groups in total. The molecule has 0 saturated carbocycles. The first-order chi connectivity index (χ1) is 15.7. The van der Waals surface area contributed by atoms with Gasteiger partial charge in [-0.15, -0.1) is 0 Å². The van der Waals surface area contributed by atoms with Crippen molar-refractivity contribution in [2.75, 3.05) is 43.1 Å². The van der Waals surface area contributed by atoms with Gasteiger partial charge in [0.25, 0.3) is 0 Å². The number of ether oxygens (including phenoxy) is 1. The van der Waals surface area contributed by atoms with Crippen LogP contribution >= 0.6 is 0 Å². The summed E-state index contributed by atoms with van der Waals surface area (Å²) in [6.07, 6.45) is 8.58. The Labute approximate surface area is 186 Å². The van der Waals surface area contributed by atoms with Gasteiger partial charge in [0.2, 0.25) is 5.95 Å². The summed E-state index contributed by atoms with van der Waals surface area (Å²) in [7, 11) is 1.68. The topological polar surface area (TPSA) is 80.4 Å². The number of benzene rings is 1. The molecule has 0 unspecified atom stereocenters. The Hall–Kier alpha value is -3.94. The van der Waals surface area contributed by atoms with E-state index in [1.807, 2.05) is 31.3 Å². The molecule has 0 amide bonds. The number of piperazine rings is 1. The third-order valence-corrected chi connectivity index (χ3v) is 5.73. The second-order valence-electron chi connectivity index (χ2n) is 7.59. The normalized spacial score (nSPS) is 13.9. The first kappa shape index (κ1) is 20.0. The van der Waals surface area contributed by atoms with Crippen molar-refractivity contribution in [3.05, 3.63) is 67.1 Å². The van der Waals surface area contributed by atoms with Crippen molar-refractivity contribution in [1.82, 2.24) is 19.9 Å². The van der Waals surface area contributed by atoms with Gasteiger partial charge in [0.1, 0.15) is 11.5 Å². The maximum absolute atomic E-state index is 5.55. The van der Waals surface area contributed by atoms with Gasteiger partial charge in [-0.05, 0) is 37.3 Å². The van der Waals surface area contributed by atoms with Gasteiger partial charge in [0.15, 0.2) is 0 Å². The maximum Gasteiger partial charge on any atom is 0.226 e. The highest BCUT2D eigenvalue weighted by Crippen LogP contribution is 2.33. The third-order valence-electron chi connectivity index (χ3n) is 5.73. The fraction of sp³-hybridized carbons (Fsp3) is 0.250. The van der Waals surface area contributed by atoms with Crippen LogP contribution in [0.3, 0.4) is 0 Å². The summed E-state index contributed by atoms with van der Waals surface area (Å²) in [5.41, 5.74) is 4.51. The zero-order chi connectivity index (χ0) is 21.9. The van der Waals surface area contributed by atoms with Crippen molar-refractivity contribution in [3.8, 4) is 28.3 Å². The first-order valence-electron chi connectivity index (χ1n) is 10.5. The minimum absolute atomic E-state index is 0.711. The molecule has 0 atom stereocenters. The van der Waals surface area contributed by atoms with Crippen molar-refractivity contribution < 1.29 is 9.15 Å². The third kappa shape index (κ3) is 3.87. The molecule has 162 valence electrons. The molecule has 0 bridgehead atoms. The van der Waals surface area contributed by atoms with Crippen LogP contribution in [-0.2, 0) is 0 Å². The van der Waals surface area contributed by atoms with Crippen LogP contribution in [0, 0.1) is 6.92 Å². The number of aromatic nitrogens is 4. The van der Waals surface area contributed by atoms with E-state index >= 15 is 0 Å². The Bertz CT molecular complexity index is 1180. The number of methoxy groups -OCH3 is 1. The molecule has 1 aliphatic heterocycles. The summed E-state index contributed by atoms with van der Waals surface area (Å²) in [6, 6.07) is 10.1. The van der Waals surface area contributed by atoms with E-state index in [9.17, 15) is 0 Å². The van der Waals surface area contributed by atoms with Crippen LogP contribution < -0.4 is 14.5 Å².